The van der Waals surface area contributed by atoms with Crippen molar-refractivity contribution in [3.05, 3.63) is 0 Å². The number of unbranched alkanes of at least 4 members (excludes halogenated alkanes) is 8. The Labute approximate surface area is 179 Å². The first-order valence-electron chi connectivity index (χ1n) is 12.4. The number of carbonyl (C=O) groups excluding carboxylic acids is 3. The number of ketones is 1. The van der Waals surface area contributed by atoms with Crippen molar-refractivity contribution in [3.63, 3.8) is 0 Å². The average Bonchev–Trinajstić information content (AvgIpc) is 2.98. The maximum absolute atomic E-state index is 12.5. The lowest BCUT2D eigenvalue weighted by Crippen LogP contribution is -2.31. The molecular formula is C25H45NO3. The summed E-state index contributed by atoms with van der Waals surface area (Å²) in [7, 11) is 0. The molecule has 4 nitrogen and oxygen atoms in total. The van der Waals surface area contributed by atoms with Gasteiger partial charge in [0.15, 0.2) is 0 Å². The van der Waals surface area contributed by atoms with Gasteiger partial charge in [-0.15, -0.1) is 0 Å². The molecule has 0 aromatic rings. The standard InChI is InChI=1S/C25H45NO3/c1-4-7-9-10-13-17-22-20-24(28)26(25(22)29)19-15-11-14-18-23(27)21(6-3)16-12-8-5-2/h21-22H,4-20H2,1-3H3. The maximum Gasteiger partial charge on any atom is 0.232 e. The Balaban J connectivity index is 2.20. The van der Waals surface area contributed by atoms with Gasteiger partial charge in [-0.1, -0.05) is 78.6 Å². The van der Waals surface area contributed by atoms with Gasteiger partial charge < -0.3 is 0 Å². The van der Waals surface area contributed by atoms with Gasteiger partial charge in [-0.05, 0) is 32.1 Å². The number of Topliss-reactive ketones (excluding diaryl/α,β-unsaturated/α-hetero) is 1. The fourth-order valence-electron chi connectivity index (χ4n) is 4.39. The lowest BCUT2D eigenvalue weighted by Gasteiger charge is -2.15. The van der Waals surface area contributed by atoms with E-state index in [0.717, 1.165) is 57.8 Å². The Kier molecular flexibility index (Phi) is 13.9. The zero-order valence-electron chi connectivity index (χ0n) is 19.3. The molecule has 1 aliphatic rings. The van der Waals surface area contributed by atoms with Crippen molar-refractivity contribution in [2.75, 3.05) is 6.54 Å². The minimum atomic E-state index is -0.0841. The summed E-state index contributed by atoms with van der Waals surface area (Å²) in [4.78, 5) is 38.6. The molecule has 0 bridgehead atoms. The first kappa shape index (κ1) is 25.8. The molecule has 0 radical (unpaired) electrons. The van der Waals surface area contributed by atoms with Crippen LogP contribution in [0, 0.1) is 11.8 Å². The van der Waals surface area contributed by atoms with Crippen molar-refractivity contribution in [1.29, 1.82) is 0 Å². The highest BCUT2D eigenvalue weighted by Crippen LogP contribution is 2.26. The van der Waals surface area contributed by atoms with Crippen LogP contribution in [0.3, 0.4) is 0 Å². The van der Waals surface area contributed by atoms with Gasteiger partial charge in [-0.2, -0.15) is 0 Å². The minimum absolute atomic E-state index is 0.00612. The van der Waals surface area contributed by atoms with Gasteiger partial charge >= 0.3 is 0 Å². The van der Waals surface area contributed by atoms with E-state index >= 15 is 0 Å². The molecule has 0 saturated carbocycles. The van der Waals surface area contributed by atoms with Gasteiger partial charge in [0.25, 0.3) is 0 Å². The van der Waals surface area contributed by atoms with Crippen molar-refractivity contribution in [2.45, 2.75) is 124 Å². The Morgan fingerprint density at radius 2 is 1.55 bits per heavy atom. The zero-order valence-corrected chi connectivity index (χ0v) is 19.3. The van der Waals surface area contributed by atoms with Crippen LogP contribution in [0.15, 0.2) is 0 Å². The zero-order chi connectivity index (χ0) is 21.5. The molecule has 0 spiro atoms. The van der Waals surface area contributed by atoms with Crippen LogP contribution in [0.1, 0.15) is 124 Å². The topological polar surface area (TPSA) is 54.5 Å². The van der Waals surface area contributed by atoms with E-state index in [1.165, 1.54) is 37.0 Å². The maximum atomic E-state index is 12.5. The van der Waals surface area contributed by atoms with E-state index in [4.69, 9.17) is 0 Å². The number of likely N-dealkylation sites (tertiary alicyclic amines) is 1. The second kappa shape index (κ2) is 15.6. The van der Waals surface area contributed by atoms with Crippen LogP contribution in [-0.2, 0) is 14.4 Å². The van der Waals surface area contributed by atoms with Gasteiger partial charge in [0, 0.05) is 31.2 Å². The second-order valence-corrected chi connectivity index (χ2v) is 8.87. The van der Waals surface area contributed by atoms with Crippen LogP contribution in [0.25, 0.3) is 0 Å². The predicted molar refractivity (Wildman–Crippen MR) is 120 cm³/mol. The smallest absolute Gasteiger partial charge is 0.232 e. The number of amides is 2. The van der Waals surface area contributed by atoms with Crippen LogP contribution in [-0.4, -0.2) is 29.0 Å². The first-order valence-corrected chi connectivity index (χ1v) is 12.4. The lowest BCUT2D eigenvalue weighted by molar-refractivity contribution is -0.139. The lowest BCUT2D eigenvalue weighted by atomic mass is 9.91. The van der Waals surface area contributed by atoms with Crippen molar-refractivity contribution in [1.82, 2.24) is 4.90 Å². The molecule has 0 aliphatic carbocycles. The Bertz CT molecular complexity index is 488. The monoisotopic (exact) mass is 407 g/mol. The molecule has 2 unspecified atom stereocenters. The number of rotatable bonds is 18. The number of hydrogen-bond acceptors (Lipinski definition) is 3. The summed E-state index contributed by atoms with van der Waals surface area (Å²) in [5, 5.41) is 0. The van der Waals surface area contributed by atoms with E-state index in [1.54, 1.807) is 0 Å². The Hall–Kier alpha value is -1.19. The van der Waals surface area contributed by atoms with Gasteiger partial charge in [-0.3, -0.25) is 19.3 Å². The summed E-state index contributed by atoms with van der Waals surface area (Å²) in [6.45, 7) is 7.03. The summed E-state index contributed by atoms with van der Waals surface area (Å²) in [6, 6.07) is 0. The quantitative estimate of drug-likeness (QED) is 0.193. The SMILES string of the molecule is CCCCCCCC1CC(=O)N(CCCCCC(=O)C(CC)CCCCC)C1=O. The van der Waals surface area contributed by atoms with Crippen LogP contribution in [0.5, 0.6) is 0 Å². The van der Waals surface area contributed by atoms with Gasteiger partial charge in [0.1, 0.15) is 5.78 Å². The molecule has 2 amide bonds. The van der Waals surface area contributed by atoms with Crippen LogP contribution in [0.4, 0.5) is 0 Å². The molecule has 1 saturated heterocycles. The number of hydrogen-bond donors (Lipinski definition) is 0. The molecule has 4 heteroatoms. The highest BCUT2D eigenvalue weighted by molar-refractivity contribution is 6.03. The molecule has 0 N–H and O–H groups in total. The van der Waals surface area contributed by atoms with Gasteiger partial charge in [0.05, 0.1) is 0 Å². The highest BCUT2D eigenvalue weighted by Gasteiger charge is 2.37. The molecule has 1 heterocycles. The number of imide groups is 1. The molecule has 1 rings (SSSR count). The summed E-state index contributed by atoms with van der Waals surface area (Å²) >= 11 is 0. The predicted octanol–water partition coefficient (Wildman–Crippen LogP) is 6.46. The van der Waals surface area contributed by atoms with Crippen molar-refractivity contribution >= 4 is 17.6 Å². The van der Waals surface area contributed by atoms with E-state index in [0.29, 0.717) is 25.2 Å². The van der Waals surface area contributed by atoms with Gasteiger partial charge in [0.2, 0.25) is 11.8 Å². The molecule has 29 heavy (non-hydrogen) atoms. The van der Waals surface area contributed by atoms with E-state index in [1.807, 2.05) is 0 Å². The average molecular weight is 408 g/mol. The molecule has 0 aromatic heterocycles. The summed E-state index contributed by atoms with van der Waals surface area (Å²) in [6.07, 6.45) is 16.0. The van der Waals surface area contributed by atoms with Crippen LogP contribution in [0.2, 0.25) is 0 Å². The third kappa shape index (κ3) is 9.91. The van der Waals surface area contributed by atoms with Crippen LogP contribution >= 0.6 is 0 Å². The largest absolute Gasteiger partial charge is 0.299 e. The van der Waals surface area contributed by atoms with E-state index in [2.05, 4.69) is 20.8 Å². The molecule has 0 aromatic carbocycles. The first-order chi connectivity index (χ1) is 14.0. The second-order valence-electron chi connectivity index (χ2n) is 8.87. The molecular weight excluding hydrogens is 362 g/mol. The van der Waals surface area contributed by atoms with E-state index in [9.17, 15) is 14.4 Å². The Morgan fingerprint density at radius 3 is 2.24 bits per heavy atom. The Morgan fingerprint density at radius 1 is 0.897 bits per heavy atom. The number of carbonyl (C=O) groups is 3. The minimum Gasteiger partial charge on any atom is -0.299 e. The number of nitrogens with zero attached hydrogens (tertiary/aromatic N) is 1. The third-order valence-corrected chi connectivity index (χ3v) is 6.40. The fraction of sp³-hybridized carbons (Fsp3) is 0.880. The molecule has 1 aliphatic heterocycles. The van der Waals surface area contributed by atoms with Crippen molar-refractivity contribution < 1.29 is 14.4 Å². The van der Waals surface area contributed by atoms with E-state index in [-0.39, 0.29) is 23.7 Å². The normalized spacial score (nSPS) is 17.9. The summed E-state index contributed by atoms with van der Waals surface area (Å²) < 4.78 is 0. The molecule has 1 fully saturated rings. The summed E-state index contributed by atoms with van der Waals surface area (Å²) in [5.74, 6) is 0.593. The van der Waals surface area contributed by atoms with Crippen LogP contribution < -0.4 is 0 Å². The third-order valence-electron chi connectivity index (χ3n) is 6.40. The molecule has 168 valence electrons. The molecule has 2 atom stereocenters. The summed E-state index contributed by atoms with van der Waals surface area (Å²) in [5.41, 5.74) is 0. The van der Waals surface area contributed by atoms with Gasteiger partial charge in [-0.25, -0.2) is 0 Å². The van der Waals surface area contributed by atoms with Crippen molar-refractivity contribution in [2.24, 2.45) is 11.8 Å². The fourth-order valence-corrected chi connectivity index (χ4v) is 4.39. The highest BCUT2D eigenvalue weighted by atomic mass is 16.2. The van der Waals surface area contributed by atoms with E-state index < -0.39 is 0 Å². The van der Waals surface area contributed by atoms with Crippen molar-refractivity contribution in [3.8, 4) is 0 Å².